The number of rotatable bonds is 4. The molecule has 0 aliphatic carbocycles. The second kappa shape index (κ2) is 5.94. The lowest BCUT2D eigenvalue weighted by molar-refractivity contribution is -0.129. The molecule has 0 saturated carbocycles. The Morgan fingerprint density at radius 1 is 1.39 bits per heavy atom. The average Bonchev–Trinajstić information content (AvgIpc) is 2.93. The van der Waals surface area contributed by atoms with E-state index in [1.165, 1.54) is 10.1 Å². The van der Waals surface area contributed by atoms with Gasteiger partial charge in [-0.25, -0.2) is 4.99 Å². The number of guanidine groups is 1. The number of hydrogen-bond acceptors (Lipinski definition) is 5. The number of hydrogen-bond donors (Lipinski definition) is 1. The van der Waals surface area contributed by atoms with Crippen LogP contribution in [0.15, 0.2) is 34.6 Å². The van der Waals surface area contributed by atoms with E-state index < -0.39 is 5.54 Å². The van der Waals surface area contributed by atoms with Crippen molar-refractivity contribution in [1.82, 2.24) is 9.80 Å². The van der Waals surface area contributed by atoms with Gasteiger partial charge in [-0.3, -0.25) is 9.69 Å². The Morgan fingerprint density at radius 3 is 2.87 bits per heavy atom. The number of benzene rings is 1. The molecule has 0 saturated heterocycles. The smallest absolute Gasteiger partial charge is 0.232 e. The van der Waals surface area contributed by atoms with Crippen molar-refractivity contribution in [3.05, 3.63) is 35.2 Å². The van der Waals surface area contributed by atoms with E-state index >= 15 is 0 Å². The summed E-state index contributed by atoms with van der Waals surface area (Å²) in [6.07, 6.45) is 0.344. The minimum absolute atomic E-state index is 0.0345. The number of amides is 1. The van der Waals surface area contributed by atoms with Crippen LogP contribution in [0.5, 0.6) is 0 Å². The number of aliphatic imine (C=N–C) groups is 1. The number of nitrogens with two attached hydrogens (primary N) is 1. The molecule has 2 aromatic rings. The van der Waals surface area contributed by atoms with Crippen LogP contribution in [-0.4, -0.2) is 48.9 Å². The topological polar surface area (TPSA) is 61.9 Å². The molecule has 0 fully saturated rings. The van der Waals surface area contributed by atoms with Crippen LogP contribution in [0.3, 0.4) is 0 Å². The summed E-state index contributed by atoms with van der Waals surface area (Å²) in [5, 5.41) is 3.26. The molecule has 2 heterocycles. The number of thiophene rings is 1. The van der Waals surface area contributed by atoms with Crippen LogP contribution in [0, 0.1) is 0 Å². The molecule has 1 atom stereocenters. The molecule has 1 aliphatic heterocycles. The summed E-state index contributed by atoms with van der Waals surface area (Å²) in [5.74, 6) is 0.350. The second-order valence-electron chi connectivity index (χ2n) is 6.44. The summed E-state index contributed by atoms with van der Waals surface area (Å²) in [7, 11) is 3.95. The van der Waals surface area contributed by atoms with Crippen molar-refractivity contribution in [2.45, 2.75) is 18.9 Å². The van der Waals surface area contributed by atoms with Gasteiger partial charge in [-0.05, 0) is 55.5 Å². The SMILES string of the molecule is CN(C)CCN1C(=O)C[C@@](C)(c2ccc3sccc3c2)N=C1N. The molecule has 5 nitrogen and oxygen atoms in total. The van der Waals surface area contributed by atoms with E-state index in [9.17, 15) is 4.79 Å². The minimum atomic E-state index is -0.591. The van der Waals surface area contributed by atoms with Crippen LogP contribution in [-0.2, 0) is 10.3 Å². The third-order valence-electron chi connectivity index (χ3n) is 4.28. The zero-order valence-corrected chi connectivity index (χ0v) is 14.6. The third-order valence-corrected chi connectivity index (χ3v) is 5.18. The van der Waals surface area contributed by atoms with E-state index in [1.54, 1.807) is 16.2 Å². The second-order valence-corrected chi connectivity index (χ2v) is 7.39. The predicted octanol–water partition coefficient (Wildman–Crippen LogP) is 2.23. The monoisotopic (exact) mass is 330 g/mol. The fourth-order valence-corrected chi connectivity index (χ4v) is 3.65. The highest BCUT2D eigenvalue weighted by atomic mass is 32.1. The molecular formula is C17H22N4OS. The molecule has 2 N–H and O–H groups in total. The Labute approximate surface area is 140 Å². The van der Waals surface area contributed by atoms with E-state index in [2.05, 4.69) is 34.6 Å². The number of nitrogens with zero attached hydrogens (tertiary/aromatic N) is 3. The van der Waals surface area contributed by atoms with Gasteiger partial charge in [0.25, 0.3) is 0 Å². The third kappa shape index (κ3) is 3.09. The van der Waals surface area contributed by atoms with Gasteiger partial charge < -0.3 is 10.6 Å². The van der Waals surface area contributed by atoms with Gasteiger partial charge in [-0.2, -0.15) is 0 Å². The predicted molar refractivity (Wildman–Crippen MR) is 95.7 cm³/mol. The lowest BCUT2D eigenvalue weighted by atomic mass is 9.87. The number of likely N-dealkylation sites (N-methyl/N-ethyl adjacent to an activating group) is 1. The van der Waals surface area contributed by atoms with E-state index in [4.69, 9.17) is 5.73 Å². The highest BCUT2D eigenvalue weighted by Gasteiger charge is 2.37. The highest BCUT2D eigenvalue weighted by molar-refractivity contribution is 7.17. The summed E-state index contributed by atoms with van der Waals surface area (Å²) in [4.78, 5) is 20.9. The Hall–Kier alpha value is -1.92. The first-order valence-corrected chi connectivity index (χ1v) is 8.55. The van der Waals surface area contributed by atoms with Crippen LogP contribution >= 0.6 is 11.3 Å². The van der Waals surface area contributed by atoms with E-state index in [1.807, 2.05) is 25.9 Å². The van der Waals surface area contributed by atoms with Gasteiger partial charge in [0.2, 0.25) is 5.91 Å². The van der Waals surface area contributed by atoms with Crippen molar-refractivity contribution in [2.24, 2.45) is 10.7 Å². The van der Waals surface area contributed by atoms with Crippen molar-refractivity contribution in [2.75, 3.05) is 27.2 Å². The van der Waals surface area contributed by atoms with Crippen molar-refractivity contribution in [1.29, 1.82) is 0 Å². The molecule has 1 aromatic carbocycles. The lowest BCUT2D eigenvalue weighted by Gasteiger charge is -2.35. The summed E-state index contributed by atoms with van der Waals surface area (Å²) >= 11 is 1.71. The van der Waals surface area contributed by atoms with Crippen molar-refractivity contribution < 1.29 is 4.79 Å². The zero-order chi connectivity index (χ0) is 16.6. The van der Waals surface area contributed by atoms with Gasteiger partial charge >= 0.3 is 0 Å². The summed E-state index contributed by atoms with van der Waals surface area (Å²) in [6.45, 7) is 3.31. The first-order valence-electron chi connectivity index (χ1n) is 7.67. The van der Waals surface area contributed by atoms with Crippen molar-refractivity contribution >= 4 is 33.3 Å². The zero-order valence-electron chi connectivity index (χ0n) is 13.7. The molecule has 0 spiro atoms. The standard InChI is InChI=1S/C17H22N4OS/c1-17(13-4-5-14-12(10-13)6-9-23-14)11-15(22)21(16(18)19-17)8-7-20(2)3/h4-6,9-10H,7-8,11H2,1-3H3,(H2,18,19)/t17-/m0/s1. The van der Waals surface area contributed by atoms with Crippen molar-refractivity contribution in [3.63, 3.8) is 0 Å². The molecule has 3 rings (SSSR count). The molecule has 23 heavy (non-hydrogen) atoms. The Balaban J connectivity index is 1.91. The first kappa shape index (κ1) is 16.0. The molecule has 0 bridgehead atoms. The lowest BCUT2D eigenvalue weighted by Crippen LogP contribution is -2.51. The van der Waals surface area contributed by atoms with Gasteiger partial charge in [-0.15, -0.1) is 11.3 Å². The van der Waals surface area contributed by atoms with Crippen LogP contribution in [0.1, 0.15) is 18.9 Å². The quantitative estimate of drug-likeness (QED) is 0.935. The van der Waals surface area contributed by atoms with E-state index in [0.717, 1.165) is 12.1 Å². The molecule has 6 heteroatoms. The molecular weight excluding hydrogens is 308 g/mol. The van der Waals surface area contributed by atoms with Crippen LogP contribution in [0.2, 0.25) is 0 Å². The molecule has 0 radical (unpaired) electrons. The van der Waals surface area contributed by atoms with Gasteiger partial charge in [0.15, 0.2) is 5.96 Å². The molecule has 1 aliphatic rings. The molecule has 1 aromatic heterocycles. The summed E-state index contributed by atoms with van der Waals surface area (Å²) < 4.78 is 1.24. The van der Waals surface area contributed by atoms with Gasteiger partial charge in [0.05, 0.1) is 12.0 Å². The largest absolute Gasteiger partial charge is 0.369 e. The highest BCUT2D eigenvalue weighted by Crippen LogP contribution is 2.35. The maximum Gasteiger partial charge on any atom is 0.232 e. The number of carbonyl (C=O) groups excluding carboxylic acids is 1. The normalized spacial score (nSPS) is 22.0. The number of carbonyl (C=O) groups is 1. The van der Waals surface area contributed by atoms with Crippen LogP contribution in [0.25, 0.3) is 10.1 Å². The van der Waals surface area contributed by atoms with Gasteiger partial charge in [-0.1, -0.05) is 6.07 Å². The Morgan fingerprint density at radius 2 is 2.17 bits per heavy atom. The van der Waals surface area contributed by atoms with Crippen LogP contribution in [0.4, 0.5) is 0 Å². The van der Waals surface area contributed by atoms with Crippen molar-refractivity contribution in [3.8, 4) is 0 Å². The summed E-state index contributed by atoms with van der Waals surface area (Å²) in [5.41, 5.74) is 6.54. The Bertz CT molecular complexity index is 767. The van der Waals surface area contributed by atoms with Crippen LogP contribution < -0.4 is 5.73 Å². The molecule has 122 valence electrons. The maximum atomic E-state index is 12.6. The van der Waals surface area contributed by atoms with E-state index in [-0.39, 0.29) is 5.91 Å². The number of fused-ring (bicyclic) bond motifs is 1. The molecule has 1 amide bonds. The molecule has 0 unspecified atom stereocenters. The van der Waals surface area contributed by atoms with E-state index in [0.29, 0.717) is 18.9 Å². The van der Waals surface area contributed by atoms with Gasteiger partial charge in [0, 0.05) is 17.8 Å². The first-order chi connectivity index (χ1) is 10.9. The summed E-state index contributed by atoms with van der Waals surface area (Å²) in [6, 6.07) is 8.35. The fourth-order valence-electron chi connectivity index (χ4n) is 2.88. The minimum Gasteiger partial charge on any atom is -0.369 e. The maximum absolute atomic E-state index is 12.6. The Kier molecular flexibility index (Phi) is 4.12. The fraction of sp³-hybridized carbons (Fsp3) is 0.412. The average molecular weight is 330 g/mol. The van der Waals surface area contributed by atoms with Gasteiger partial charge in [0.1, 0.15) is 0 Å².